The molecule has 3 nitrogen and oxygen atoms in total. The summed E-state index contributed by atoms with van der Waals surface area (Å²) in [5.74, 6) is -2.71. The first-order chi connectivity index (χ1) is 8.99. The van der Waals surface area contributed by atoms with Crippen molar-refractivity contribution in [3.63, 3.8) is 0 Å². The Morgan fingerprint density at radius 3 is 2.42 bits per heavy atom. The quantitative estimate of drug-likeness (QED) is 0.856. The van der Waals surface area contributed by atoms with Gasteiger partial charge in [0.2, 0.25) is 0 Å². The van der Waals surface area contributed by atoms with Gasteiger partial charge in [0.05, 0.1) is 11.4 Å². The Bertz CT molecular complexity index is 626. The van der Waals surface area contributed by atoms with Crippen molar-refractivity contribution in [1.29, 1.82) is 0 Å². The van der Waals surface area contributed by atoms with Crippen molar-refractivity contribution < 1.29 is 13.6 Å². The Kier molecular flexibility index (Phi) is 3.76. The first kappa shape index (κ1) is 13.4. The number of carbonyl (C=O) groups is 1. The van der Waals surface area contributed by atoms with Crippen LogP contribution >= 0.6 is 11.6 Å². The third kappa shape index (κ3) is 2.88. The highest BCUT2D eigenvalue weighted by atomic mass is 35.5. The van der Waals surface area contributed by atoms with Crippen LogP contribution in [0.25, 0.3) is 0 Å². The molecule has 6 heteroatoms. The molecule has 2 aromatic rings. The molecule has 0 radical (unpaired) electrons. The summed E-state index contributed by atoms with van der Waals surface area (Å²) in [5.41, 5.74) is 0.173. The van der Waals surface area contributed by atoms with E-state index in [-0.39, 0.29) is 5.15 Å². The molecule has 0 unspecified atom stereocenters. The third-order valence-electron chi connectivity index (χ3n) is 2.49. The summed E-state index contributed by atoms with van der Waals surface area (Å²) < 4.78 is 26.9. The third-order valence-corrected chi connectivity index (χ3v) is 2.70. The summed E-state index contributed by atoms with van der Waals surface area (Å²) in [6.45, 7) is 1.62. The first-order valence-electron chi connectivity index (χ1n) is 5.37. The van der Waals surface area contributed by atoms with E-state index in [1.165, 1.54) is 18.2 Å². The van der Waals surface area contributed by atoms with Crippen molar-refractivity contribution >= 4 is 23.2 Å². The highest BCUT2D eigenvalue weighted by Gasteiger charge is 2.17. The lowest BCUT2D eigenvalue weighted by Gasteiger charge is -2.09. The van der Waals surface area contributed by atoms with Crippen LogP contribution in [-0.4, -0.2) is 10.9 Å². The maximum Gasteiger partial charge on any atom is 0.261 e. The fourth-order valence-electron chi connectivity index (χ4n) is 1.56. The molecule has 1 heterocycles. The van der Waals surface area contributed by atoms with Crippen molar-refractivity contribution in [3.05, 3.63) is 58.4 Å². The summed E-state index contributed by atoms with van der Waals surface area (Å²) in [6.07, 6.45) is 0. The molecular weight excluding hydrogens is 274 g/mol. The SMILES string of the molecule is Cc1nc(Cl)ccc1NC(=O)c1c(F)cccc1F. The van der Waals surface area contributed by atoms with Gasteiger partial charge < -0.3 is 5.32 Å². The Balaban J connectivity index is 2.31. The van der Waals surface area contributed by atoms with Gasteiger partial charge in [-0.2, -0.15) is 0 Å². The number of aryl methyl sites for hydroxylation is 1. The maximum atomic E-state index is 13.4. The molecular formula is C13H9ClF2N2O. The maximum absolute atomic E-state index is 13.4. The Hall–Kier alpha value is -2.01. The topological polar surface area (TPSA) is 42.0 Å². The number of nitrogens with one attached hydrogen (secondary N) is 1. The minimum atomic E-state index is -0.919. The first-order valence-corrected chi connectivity index (χ1v) is 5.75. The van der Waals surface area contributed by atoms with Gasteiger partial charge in [-0.1, -0.05) is 17.7 Å². The van der Waals surface area contributed by atoms with Crippen molar-refractivity contribution in [2.24, 2.45) is 0 Å². The summed E-state index contributed by atoms with van der Waals surface area (Å²) >= 11 is 5.68. The monoisotopic (exact) mass is 282 g/mol. The van der Waals surface area contributed by atoms with Gasteiger partial charge in [-0.05, 0) is 31.2 Å². The fourth-order valence-corrected chi connectivity index (χ4v) is 1.75. The Morgan fingerprint density at radius 1 is 1.21 bits per heavy atom. The molecule has 0 saturated heterocycles. The van der Waals surface area contributed by atoms with Crippen LogP contribution in [0.15, 0.2) is 30.3 Å². The molecule has 19 heavy (non-hydrogen) atoms. The largest absolute Gasteiger partial charge is 0.320 e. The van der Waals surface area contributed by atoms with Crippen molar-refractivity contribution in [2.45, 2.75) is 6.92 Å². The molecule has 0 bridgehead atoms. The van der Waals surface area contributed by atoms with Gasteiger partial charge in [0, 0.05) is 0 Å². The zero-order valence-corrected chi connectivity index (χ0v) is 10.6. The van der Waals surface area contributed by atoms with E-state index >= 15 is 0 Å². The highest BCUT2D eigenvalue weighted by molar-refractivity contribution is 6.29. The number of nitrogens with zero attached hydrogens (tertiary/aromatic N) is 1. The summed E-state index contributed by atoms with van der Waals surface area (Å²) in [7, 11) is 0. The second-order valence-corrected chi connectivity index (χ2v) is 4.20. The Labute approximate surface area is 113 Å². The van der Waals surface area contributed by atoms with Gasteiger partial charge in [0.1, 0.15) is 22.4 Å². The van der Waals surface area contributed by atoms with Crippen molar-refractivity contribution in [1.82, 2.24) is 4.98 Å². The smallest absolute Gasteiger partial charge is 0.261 e. The van der Waals surface area contributed by atoms with Crippen LogP contribution in [0.5, 0.6) is 0 Å². The number of amides is 1. The minimum absolute atomic E-state index is 0.271. The minimum Gasteiger partial charge on any atom is -0.320 e. The van der Waals surface area contributed by atoms with Crippen LogP contribution in [0.2, 0.25) is 5.15 Å². The molecule has 1 amide bonds. The number of rotatable bonds is 2. The average Bonchev–Trinajstić information content (AvgIpc) is 2.32. The van der Waals surface area contributed by atoms with Crippen LogP contribution in [0, 0.1) is 18.6 Å². The number of hydrogen-bond acceptors (Lipinski definition) is 2. The van der Waals surface area contributed by atoms with Crippen molar-refractivity contribution in [2.75, 3.05) is 5.32 Å². The van der Waals surface area contributed by atoms with Gasteiger partial charge in [0.15, 0.2) is 0 Å². The predicted molar refractivity (Wildman–Crippen MR) is 68.3 cm³/mol. The fraction of sp³-hybridized carbons (Fsp3) is 0.0769. The van der Waals surface area contributed by atoms with Gasteiger partial charge in [-0.25, -0.2) is 13.8 Å². The number of halogens is 3. The van der Waals surface area contributed by atoms with Crippen molar-refractivity contribution in [3.8, 4) is 0 Å². The summed E-state index contributed by atoms with van der Waals surface area (Å²) in [4.78, 5) is 15.8. The Morgan fingerprint density at radius 2 is 1.84 bits per heavy atom. The summed E-state index contributed by atoms with van der Waals surface area (Å²) in [6, 6.07) is 6.22. The molecule has 0 aliphatic carbocycles. The molecule has 0 aliphatic heterocycles. The van der Waals surface area contributed by atoms with Gasteiger partial charge >= 0.3 is 0 Å². The molecule has 98 valence electrons. The normalized spacial score (nSPS) is 10.3. The number of anilines is 1. The molecule has 0 saturated carbocycles. The zero-order valence-electron chi connectivity index (χ0n) is 9.88. The number of hydrogen-bond donors (Lipinski definition) is 1. The van der Waals surface area contributed by atoms with E-state index in [1.807, 2.05) is 0 Å². The molecule has 1 N–H and O–H groups in total. The second-order valence-electron chi connectivity index (χ2n) is 3.82. The van der Waals surface area contributed by atoms with E-state index in [9.17, 15) is 13.6 Å². The van der Waals surface area contributed by atoms with Crippen LogP contribution in [-0.2, 0) is 0 Å². The van der Waals surface area contributed by atoms with Crippen LogP contribution in [0.1, 0.15) is 16.1 Å². The molecule has 0 fully saturated rings. The van der Waals surface area contributed by atoms with E-state index in [1.54, 1.807) is 6.92 Å². The van der Waals surface area contributed by atoms with E-state index in [0.717, 1.165) is 12.1 Å². The number of benzene rings is 1. The standard InChI is InChI=1S/C13H9ClF2N2O/c1-7-10(5-6-11(14)17-7)18-13(19)12-8(15)3-2-4-9(12)16/h2-6H,1H3,(H,18,19). The number of pyridine rings is 1. The van der Waals surface area contributed by atoms with E-state index < -0.39 is 23.1 Å². The lowest BCUT2D eigenvalue weighted by atomic mass is 10.1. The molecule has 0 atom stereocenters. The number of carbonyl (C=O) groups excluding carboxylic acids is 1. The molecule has 0 aliphatic rings. The zero-order chi connectivity index (χ0) is 14.0. The van der Waals surface area contributed by atoms with Gasteiger partial charge in [-0.15, -0.1) is 0 Å². The number of aromatic nitrogens is 1. The summed E-state index contributed by atoms with van der Waals surface area (Å²) in [5, 5.41) is 2.67. The predicted octanol–water partition coefficient (Wildman–Crippen LogP) is 3.57. The molecule has 0 spiro atoms. The van der Waals surface area contributed by atoms with Gasteiger partial charge in [-0.3, -0.25) is 4.79 Å². The van der Waals surface area contributed by atoms with Crippen LogP contribution in [0.4, 0.5) is 14.5 Å². The average molecular weight is 283 g/mol. The second kappa shape index (κ2) is 5.32. The van der Waals surface area contributed by atoms with Gasteiger partial charge in [0.25, 0.3) is 5.91 Å². The van der Waals surface area contributed by atoms with E-state index in [2.05, 4.69) is 10.3 Å². The molecule has 1 aromatic heterocycles. The van der Waals surface area contributed by atoms with E-state index in [4.69, 9.17) is 11.6 Å². The molecule has 1 aromatic carbocycles. The van der Waals surface area contributed by atoms with Crippen LogP contribution in [0.3, 0.4) is 0 Å². The molecule has 2 rings (SSSR count). The highest BCUT2D eigenvalue weighted by Crippen LogP contribution is 2.18. The lowest BCUT2D eigenvalue weighted by Crippen LogP contribution is -2.16. The lowest BCUT2D eigenvalue weighted by molar-refractivity contribution is 0.101. The van der Waals surface area contributed by atoms with Crippen LogP contribution < -0.4 is 5.32 Å². The van der Waals surface area contributed by atoms with E-state index in [0.29, 0.717) is 11.4 Å².